The van der Waals surface area contributed by atoms with Crippen LogP contribution in [0.3, 0.4) is 0 Å². The number of amides is 2. The van der Waals surface area contributed by atoms with Gasteiger partial charge in [0, 0.05) is 38.0 Å². The van der Waals surface area contributed by atoms with E-state index in [1.165, 1.54) is 11.1 Å². The first-order chi connectivity index (χ1) is 13.7. The van der Waals surface area contributed by atoms with Crippen LogP contribution in [0.2, 0.25) is 0 Å². The molecule has 6 nitrogen and oxygen atoms in total. The van der Waals surface area contributed by atoms with E-state index in [0.717, 1.165) is 44.5 Å². The molecule has 0 aliphatic carbocycles. The molecule has 2 bridgehead atoms. The number of nitrogens with zero attached hydrogens (tertiary/aromatic N) is 2. The summed E-state index contributed by atoms with van der Waals surface area (Å²) in [5.74, 6) is 1.94. The van der Waals surface area contributed by atoms with E-state index in [1.54, 1.807) is 7.11 Å². The molecule has 0 aromatic heterocycles. The third-order valence-corrected chi connectivity index (χ3v) is 7.24. The average Bonchev–Trinajstić information content (AvgIpc) is 2.74. The Hall–Kier alpha value is -2.08. The lowest BCUT2D eigenvalue weighted by atomic mass is 9.72. The van der Waals surface area contributed by atoms with E-state index in [1.807, 2.05) is 15.9 Å². The summed E-state index contributed by atoms with van der Waals surface area (Å²) in [5.41, 5.74) is 2.45. The van der Waals surface area contributed by atoms with Gasteiger partial charge in [0.25, 0.3) is 0 Å². The highest BCUT2D eigenvalue weighted by molar-refractivity contribution is 5.89. The summed E-state index contributed by atoms with van der Waals surface area (Å²) in [5, 5.41) is 3.53. The Morgan fingerprint density at radius 3 is 2.89 bits per heavy atom. The Labute approximate surface area is 166 Å². The first-order valence-electron chi connectivity index (χ1n) is 10.6. The summed E-state index contributed by atoms with van der Waals surface area (Å²) in [6, 6.07) is 6.06. The molecule has 4 aliphatic heterocycles. The van der Waals surface area contributed by atoms with Gasteiger partial charge in [0.2, 0.25) is 11.8 Å². The average molecular weight is 383 g/mol. The number of fused-ring (bicyclic) bond motifs is 5. The van der Waals surface area contributed by atoms with Crippen LogP contribution >= 0.6 is 0 Å². The van der Waals surface area contributed by atoms with Crippen LogP contribution in [0.15, 0.2) is 18.2 Å². The zero-order valence-corrected chi connectivity index (χ0v) is 16.5. The molecular formula is C22H29N3O3. The molecule has 1 aromatic carbocycles. The van der Waals surface area contributed by atoms with E-state index in [0.29, 0.717) is 25.4 Å². The number of nitrogens with one attached hydrogen (secondary N) is 1. The van der Waals surface area contributed by atoms with E-state index in [9.17, 15) is 9.59 Å². The summed E-state index contributed by atoms with van der Waals surface area (Å²) < 4.78 is 5.33. The van der Waals surface area contributed by atoms with E-state index < -0.39 is 0 Å². The molecule has 6 heteroatoms. The lowest BCUT2D eigenvalue weighted by Crippen LogP contribution is -2.68. The second kappa shape index (κ2) is 7.07. The van der Waals surface area contributed by atoms with Crippen molar-refractivity contribution in [1.82, 2.24) is 15.1 Å². The molecule has 4 aliphatic rings. The number of piperidine rings is 3. The van der Waals surface area contributed by atoms with Crippen molar-refractivity contribution in [2.24, 2.45) is 11.8 Å². The minimum absolute atomic E-state index is 0.147. The molecule has 1 N–H and O–H groups in total. The van der Waals surface area contributed by atoms with Crippen molar-refractivity contribution in [1.29, 1.82) is 0 Å². The predicted octanol–water partition coefficient (Wildman–Crippen LogP) is 1.57. The highest BCUT2D eigenvalue weighted by Gasteiger charge is 2.51. The molecule has 0 spiro atoms. The fourth-order valence-electron chi connectivity index (χ4n) is 5.86. The molecule has 2 amide bonds. The van der Waals surface area contributed by atoms with Crippen LogP contribution in [0.1, 0.15) is 36.8 Å². The molecule has 3 saturated heterocycles. The van der Waals surface area contributed by atoms with Crippen molar-refractivity contribution in [2.45, 2.75) is 50.7 Å². The summed E-state index contributed by atoms with van der Waals surface area (Å²) >= 11 is 0. The number of benzene rings is 1. The van der Waals surface area contributed by atoms with E-state index >= 15 is 0 Å². The first kappa shape index (κ1) is 18.0. The van der Waals surface area contributed by atoms with Gasteiger partial charge in [0.1, 0.15) is 11.8 Å². The largest absolute Gasteiger partial charge is 0.497 e. The molecule has 4 heterocycles. The molecule has 28 heavy (non-hydrogen) atoms. The number of carbonyl (C=O) groups is 2. The topological polar surface area (TPSA) is 61.9 Å². The minimum Gasteiger partial charge on any atom is -0.497 e. The molecule has 0 saturated carbocycles. The maximum Gasteiger partial charge on any atom is 0.246 e. The minimum atomic E-state index is -0.290. The summed E-state index contributed by atoms with van der Waals surface area (Å²) in [6.45, 7) is 3.16. The maximum atomic E-state index is 13.7. The van der Waals surface area contributed by atoms with Crippen LogP contribution < -0.4 is 10.1 Å². The van der Waals surface area contributed by atoms with Crippen molar-refractivity contribution in [3.8, 4) is 5.75 Å². The van der Waals surface area contributed by atoms with Crippen LogP contribution in [0, 0.1) is 11.8 Å². The lowest BCUT2D eigenvalue weighted by Gasteiger charge is -2.54. The maximum absolute atomic E-state index is 13.7. The van der Waals surface area contributed by atoms with Crippen LogP contribution in [-0.2, 0) is 22.6 Å². The van der Waals surface area contributed by atoms with Crippen LogP contribution in [0.4, 0.5) is 0 Å². The second-order valence-corrected chi connectivity index (χ2v) is 8.76. The van der Waals surface area contributed by atoms with E-state index in [4.69, 9.17) is 4.74 Å². The Kier molecular flexibility index (Phi) is 4.54. The molecule has 0 radical (unpaired) electrons. The quantitative estimate of drug-likeness (QED) is 0.842. The highest BCUT2D eigenvalue weighted by atomic mass is 16.5. The van der Waals surface area contributed by atoms with Gasteiger partial charge in [-0.3, -0.25) is 9.59 Å². The third-order valence-electron chi connectivity index (χ3n) is 7.24. The van der Waals surface area contributed by atoms with E-state index in [-0.39, 0.29) is 29.8 Å². The summed E-state index contributed by atoms with van der Waals surface area (Å²) in [4.78, 5) is 30.5. The Balaban J connectivity index is 1.41. The van der Waals surface area contributed by atoms with Crippen molar-refractivity contribution in [3.05, 3.63) is 29.3 Å². The van der Waals surface area contributed by atoms with Gasteiger partial charge in [-0.25, -0.2) is 0 Å². The van der Waals surface area contributed by atoms with Gasteiger partial charge in [-0.05, 0) is 61.4 Å². The van der Waals surface area contributed by atoms with Crippen molar-refractivity contribution >= 4 is 11.8 Å². The normalized spacial score (nSPS) is 31.8. The fourth-order valence-corrected chi connectivity index (χ4v) is 5.86. The number of hydrogen-bond acceptors (Lipinski definition) is 4. The second-order valence-electron chi connectivity index (χ2n) is 8.76. The van der Waals surface area contributed by atoms with Crippen molar-refractivity contribution in [3.63, 3.8) is 0 Å². The van der Waals surface area contributed by atoms with Gasteiger partial charge in [0.15, 0.2) is 0 Å². The molecule has 0 unspecified atom stereocenters. The molecular weight excluding hydrogens is 354 g/mol. The molecule has 150 valence electrons. The standard InChI is InChI=1S/C22H29N3O3/c1-28-18-6-5-15-13-24(8-7-14(15)10-18)22(27)21-17-9-16(11-23-12-17)19-3-2-4-20(26)25(19)21/h5-6,10,16-17,19,21,23H,2-4,7-9,11-13H2,1H3/t16-,17+,19+,21-/m1/s1. The Bertz CT molecular complexity index is 795. The van der Waals surface area contributed by atoms with E-state index in [2.05, 4.69) is 17.4 Å². The van der Waals surface area contributed by atoms with Crippen molar-refractivity contribution < 1.29 is 14.3 Å². The predicted molar refractivity (Wildman–Crippen MR) is 105 cm³/mol. The van der Waals surface area contributed by atoms with Crippen LogP contribution in [0.5, 0.6) is 5.75 Å². The van der Waals surface area contributed by atoms with Gasteiger partial charge in [-0.15, -0.1) is 0 Å². The third kappa shape index (κ3) is 2.89. The van der Waals surface area contributed by atoms with Gasteiger partial charge in [-0.1, -0.05) is 6.07 Å². The fraction of sp³-hybridized carbons (Fsp3) is 0.636. The SMILES string of the molecule is COc1ccc2c(c1)CCN(C(=O)[C@H]1[C@@H]3CNC[C@@H](C3)[C@@H]3CCCC(=O)N31)C2. The summed E-state index contributed by atoms with van der Waals surface area (Å²) in [7, 11) is 1.68. The lowest BCUT2D eigenvalue weighted by molar-refractivity contribution is -0.162. The first-order valence-corrected chi connectivity index (χ1v) is 10.6. The smallest absolute Gasteiger partial charge is 0.246 e. The zero-order chi connectivity index (χ0) is 19.3. The number of ether oxygens (including phenoxy) is 1. The molecule has 3 fully saturated rings. The van der Waals surface area contributed by atoms with Crippen LogP contribution in [0.25, 0.3) is 0 Å². The number of rotatable bonds is 2. The Morgan fingerprint density at radius 2 is 2.04 bits per heavy atom. The molecule has 1 aromatic rings. The number of methoxy groups -OCH3 is 1. The highest BCUT2D eigenvalue weighted by Crippen LogP contribution is 2.40. The van der Waals surface area contributed by atoms with Crippen molar-refractivity contribution in [2.75, 3.05) is 26.7 Å². The monoisotopic (exact) mass is 383 g/mol. The van der Waals surface area contributed by atoms with Gasteiger partial charge >= 0.3 is 0 Å². The zero-order valence-electron chi connectivity index (χ0n) is 16.5. The van der Waals surface area contributed by atoms with Gasteiger partial charge in [-0.2, -0.15) is 0 Å². The molecule has 4 atom stereocenters. The Morgan fingerprint density at radius 1 is 1.18 bits per heavy atom. The number of hydrogen-bond donors (Lipinski definition) is 1. The number of carbonyl (C=O) groups excluding carboxylic acids is 2. The van der Waals surface area contributed by atoms with Gasteiger partial charge in [0.05, 0.1) is 7.11 Å². The van der Waals surface area contributed by atoms with Gasteiger partial charge < -0.3 is 19.9 Å². The summed E-state index contributed by atoms with van der Waals surface area (Å²) in [6.07, 6.45) is 4.50. The molecule has 5 rings (SSSR count). The van der Waals surface area contributed by atoms with Crippen LogP contribution in [-0.4, -0.2) is 60.4 Å².